The Labute approximate surface area is 147 Å². The third kappa shape index (κ3) is 3.82. The van der Waals surface area contributed by atoms with Gasteiger partial charge in [-0.15, -0.1) is 0 Å². The molecule has 0 atom stereocenters. The number of benzene rings is 1. The average Bonchev–Trinajstić information content (AvgIpc) is 3.10. The van der Waals surface area contributed by atoms with Crippen LogP contribution in [0.3, 0.4) is 0 Å². The molecule has 1 aromatic carbocycles. The number of hydrogen-bond donors (Lipinski definition) is 1. The van der Waals surface area contributed by atoms with E-state index >= 15 is 0 Å². The first-order valence-corrected chi connectivity index (χ1v) is 8.85. The third-order valence-electron chi connectivity index (χ3n) is 4.66. The van der Waals surface area contributed by atoms with Crippen LogP contribution in [0.5, 0.6) is 0 Å². The Bertz CT molecular complexity index is 690. The molecule has 1 amide bonds. The number of amides is 1. The molecule has 1 N–H and O–H groups in total. The van der Waals surface area contributed by atoms with E-state index in [-0.39, 0.29) is 5.91 Å². The summed E-state index contributed by atoms with van der Waals surface area (Å²) in [6.45, 7) is 2.64. The highest BCUT2D eigenvalue weighted by molar-refractivity contribution is 6.33. The van der Waals surface area contributed by atoms with E-state index < -0.39 is 0 Å². The minimum atomic E-state index is -0.0274. The van der Waals surface area contributed by atoms with Gasteiger partial charge >= 0.3 is 0 Å². The number of piperidine rings is 1. The molecule has 0 saturated carbocycles. The predicted octanol–water partition coefficient (Wildman–Crippen LogP) is 4.06. The number of furan rings is 1. The zero-order chi connectivity index (χ0) is 16.9. The maximum atomic E-state index is 12.6. The molecule has 0 bridgehead atoms. The smallest absolute Gasteiger partial charge is 0.289 e. The zero-order valence-electron chi connectivity index (χ0n) is 13.9. The van der Waals surface area contributed by atoms with Gasteiger partial charge in [0.15, 0.2) is 5.76 Å². The van der Waals surface area contributed by atoms with Gasteiger partial charge in [-0.25, -0.2) is 0 Å². The normalized spacial score (nSPS) is 15.7. The van der Waals surface area contributed by atoms with Crippen molar-refractivity contribution in [1.29, 1.82) is 0 Å². The quantitative estimate of drug-likeness (QED) is 0.887. The van der Waals surface area contributed by atoms with E-state index in [1.807, 2.05) is 42.3 Å². The monoisotopic (exact) mass is 346 g/mol. The highest BCUT2D eigenvalue weighted by atomic mass is 35.5. The fraction of sp³-hybridized carbons (Fsp3) is 0.421. The van der Waals surface area contributed by atoms with Gasteiger partial charge in [-0.2, -0.15) is 0 Å². The second kappa shape index (κ2) is 7.86. The van der Waals surface area contributed by atoms with Crippen molar-refractivity contribution < 1.29 is 9.21 Å². The largest absolute Gasteiger partial charge is 0.451 e. The van der Waals surface area contributed by atoms with Gasteiger partial charge in [-0.3, -0.25) is 4.79 Å². The van der Waals surface area contributed by atoms with Crippen LogP contribution in [0, 0.1) is 5.92 Å². The highest BCUT2D eigenvalue weighted by Gasteiger charge is 2.25. The molecule has 1 aliphatic rings. The van der Waals surface area contributed by atoms with Crippen molar-refractivity contribution in [3.05, 3.63) is 47.2 Å². The lowest BCUT2D eigenvalue weighted by atomic mass is 9.93. The molecule has 5 heteroatoms. The Balaban J connectivity index is 1.64. The first kappa shape index (κ1) is 17.1. The number of halogens is 1. The van der Waals surface area contributed by atoms with Crippen LogP contribution in [0.15, 0.2) is 40.8 Å². The third-order valence-corrected chi connectivity index (χ3v) is 4.99. The standard InChI is InChI=1S/C19H23ClN2O2/c1-21-11-8-14-9-12-22(13-10-14)19(23)18-7-6-17(24-18)15-4-2-3-5-16(15)20/h2-7,14,21H,8-13H2,1H3. The molecule has 1 saturated heterocycles. The molecule has 0 unspecified atom stereocenters. The van der Waals surface area contributed by atoms with Crippen LogP contribution in [-0.2, 0) is 0 Å². The maximum absolute atomic E-state index is 12.6. The number of nitrogens with one attached hydrogen (secondary N) is 1. The van der Waals surface area contributed by atoms with Crippen LogP contribution in [0.25, 0.3) is 11.3 Å². The summed E-state index contributed by atoms with van der Waals surface area (Å²) in [7, 11) is 1.98. The van der Waals surface area contributed by atoms with Gasteiger partial charge < -0.3 is 14.6 Å². The molecule has 24 heavy (non-hydrogen) atoms. The molecular weight excluding hydrogens is 324 g/mol. The maximum Gasteiger partial charge on any atom is 0.289 e. The molecule has 1 aromatic heterocycles. The number of likely N-dealkylation sites (tertiary alicyclic amines) is 1. The Morgan fingerprint density at radius 1 is 1.25 bits per heavy atom. The van der Waals surface area contributed by atoms with Gasteiger partial charge in [0.1, 0.15) is 5.76 Å². The first-order chi connectivity index (χ1) is 11.7. The van der Waals surface area contributed by atoms with Crippen molar-refractivity contribution in [3.8, 4) is 11.3 Å². The molecule has 0 radical (unpaired) electrons. The lowest BCUT2D eigenvalue weighted by molar-refractivity contribution is 0.0656. The minimum Gasteiger partial charge on any atom is -0.451 e. The molecular formula is C19H23ClN2O2. The van der Waals surface area contributed by atoms with Crippen molar-refractivity contribution in [3.63, 3.8) is 0 Å². The lowest BCUT2D eigenvalue weighted by Gasteiger charge is -2.31. The summed E-state index contributed by atoms with van der Waals surface area (Å²) in [5, 5.41) is 3.81. The molecule has 0 aliphatic carbocycles. The van der Waals surface area contributed by atoms with E-state index in [4.69, 9.17) is 16.0 Å². The number of rotatable bonds is 5. The second-order valence-corrected chi connectivity index (χ2v) is 6.68. The number of nitrogens with zero attached hydrogens (tertiary/aromatic N) is 1. The van der Waals surface area contributed by atoms with E-state index in [0.717, 1.165) is 38.0 Å². The topological polar surface area (TPSA) is 45.5 Å². The van der Waals surface area contributed by atoms with Crippen molar-refractivity contribution >= 4 is 17.5 Å². The molecule has 2 heterocycles. The molecule has 3 rings (SSSR count). The van der Waals surface area contributed by atoms with Crippen molar-refractivity contribution in [2.45, 2.75) is 19.3 Å². The van der Waals surface area contributed by atoms with E-state index in [2.05, 4.69) is 5.32 Å². The van der Waals surface area contributed by atoms with Gasteiger partial charge in [0.2, 0.25) is 0 Å². The zero-order valence-corrected chi connectivity index (χ0v) is 14.7. The lowest BCUT2D eigenvalue weighted by Crippen LogP contribution is -2.38. The molecule has 0 spiro atoms. The summed E-state index contributed by atoms with van der Waals surface area (Å²) in [4.78, 5) is 14.5. The Kier molecular flexibility index (Phi) is 5.59. The summed E-state index contributed by atoms with van der Waals surface area (Å²) in [6.07, 6.45) is 3.30. The Morgan fingerprint density at radius 3 is 2.71 bits per heavy atom. The summed E-state index contributed by atoms with van der Waals surface area (Å²) in [6, 6.07) is 11.0. The summed E-state index contributed by atoms with van der Waals surface area (Å²) >= 11 is 6.19. The first-order valence-electron chi connectivity index (χ1n) is 8.47. The summed E-state index contributed by atoms with van der Waals surface area (Å²) in [5.41, 5.74) is 0.809. The van der Waals surface area contributed by atoms with Crippen LogP contribution < -0.4 is 5.32 Å². The van der Waals surface area contributed by atoms with Gasteiger partial charge in [-0.1, -0.05) is 23.7 Å². The predicted molar refractivity (Wildman–Crippen MR) is 96.3 cm³/mol. The SMILES string of the molecule is CNCCC1CCN(C(=O)c2ccc(-c3ccccc3Cl)o2)CC1. The van der Waals surface area contributed by atoms with E-state index in [1.165, 1.54) is 6.42 Å². The number of hydrogen-bond acceptors (Lipinski definition) is 3. The van der Waals surface area contributed by atoms with Crippen LogP contribution in [-0.4, -0.2) is 37.5 Å². The fourth-order valence-corrected chi connectivity index (χ4v) is 3.42. The summed E-state index contributed by atoms with van der Waals surface area (Å²) < 4.78 is 5.77. The number of carbonyl (C=O) groups excluding carboxylic acids is 1. The van der Waals surface area contributed by atoms with Crippen LogP contribution >= 0.6 is 11.6 Å². The van der Waals surface area contributed by atoms with Crippen LogP contribution in [0.2, 0.25) is 5.02 Å². The van der Waals surface area contributed by atoms with Crippen molar-refractivity contribution in [1.82, 2.24) is 10.2 Å². The number of carbonyl (C=O) groups is 1. The highest BCUT2D eigenvalue weighted by Crippen LogP contribution is 2.30. The average molecular weight is 347 g/mol. The molecule has 1 aliphatic heterocycles. The Hall–Kier alpha value is -1.78. The van der Waals surface area contributed by atoms with Crippen molar-refractivity contribution in [2.75, 3.05) is 26.7 Å². The molecule has 128 valence electrons. The molecule has 1 fully saturated rings. The Morgan fingerprint density at radius 2 is 2.00 bits per heavy atom. The van der Waals surface area contributed by atoms with Gasteiger partial charge in [0, 0.05) is 18.7 Å². The van der Waals surface area contributed by atoms with Gasteiger partial charge in [-0.05, 0) is 63.0 Å². The van der Waals surface area contributed by atoms with Gasteiger partial charge in [0.25, 0.3) is 5.91 Å². The van der Waals surface area contributed by atoms with Gasteiger partial charge in [0.05, 0.1) is 5.02 Å². The van der Waals surface area contributed by atoms with Crippen molar-refractivity contribution in [2.24, 2.45) is 5.92 Å². The molecule has 2 aromatic rings. The summed E-state index contributed by atoms with van der Waals surface area (Å²) in [5.74, 6) is 1.70. The van der Waals surface area contributed by atoms with Crippen LogP contribution in [0.4, 0.5) is 0 Å². The fourth-order valence-electron chi connectivity index (χ4n) is 3.19. The second-order valence-electron chi connectivity index (χ2n) is 6.27. The van der Waals surface area contributed by atoms with Crippen LogP contribution in [0.1, 0.15) is 29.8 Å². The van der Waals surface area contributed by atoms with E-state index in [1.54, 1.807) is 6.07 Å². The van der Waals surface area contributed by atoms with E-state index in [0.29, 0.717) is 22.5 Å². The minimum absolute atomic E-state index is 0.0274. The van der Waals surface area contributed by atoms with E-state index in [9.17, 15) is 4.79 Å². The molecule has 4 nitrogen and oxygen atoms in total.